The quantitative estimate of drug-likeness (QED) is 0.708. The first-order valence-electron chi connectivity index (χ1n) is 8.74. The van der Waals surface area contributed by atoms with Crippen molar-refractivity contribution in [2.45, 2.75) is 56.6 Å². The number of benzene rings is 1. The number of likely N-dealkylation sites (tertiary alicyclic amines) is 1. The Bertz CT molecular complexity index is 734. The van der Waals surface area contributed by atoms with Gasteiger partial charge < -0.3 is 9.47 Å². The van der Waals surface area contributed by atoms with Crippen molar-refractivity contribution in [1.82, 2.24) is 19.7 Å². The molecule has 1 aliphatic heterocycles. The van der Waals surface area contributed by atoms with Crippen molar-refractivity contribution in [3.05, 3.63) is 40.7 Å². The molecule has 1 aliphatic rings. The van der Waals surface area contributed by atoms with E-state index >= 15 is 0 Å². The van der Waals surface area contributed by atoms with E-state index in [9.17, 15) is 4.79 Å². The highest BCUT2D eigenvalue weighted by atomic mass is 35.5. The molecule has 2 aromatic rings. The summed E-state index contributed by atoms with van der Waals surface area (Å²) in [5, 5.41) is 10.3. The average Bonchev–Trinajstić information content (AvgIpc) is 2.88. The summed E-state index contributed by atoms with van der Waals surface area (Å²) in [6.07, 6.45) is 3.85. The molecule has 1 aromatic heterocycles. The van der Waals surface area contributed by atoms with Crippen molar-refractivity contribution < 1.29 is 4.79 Å². The summed E-state index contributed by atoms with van der Waals surface area (Å²) in [4.78, 5) is 14.1. The number of carbonyl (C=O) groups excluding carboxylic acids is 1. The van der Waals surface area contributed by atoms with E-state index in [4.69, 9.17) is 11.6 Å². The molecule has 0 N–H and O–H groups in total. The van der Waals surface area contributed by atoms with Gasteiger partial charge in [-0.3, -0.25) is 4.79 Å². The largest absolute Gasteiger partial charge is 0.335 e. The Morgan fingerprint density at radius 2 is 2.12 bits per heavy atom. The van der Waals surface area contributed by atoms with Crippen LogP contribution in [-0.4, -0.2) is 32.1 Å². The molecule has 0 spiro atoms. The first-order valence-corrected chi connectivity index (χ1v) is 10.1. The van der Waals surface area contributed by atoms with E-state index in [1.54, 1.807) is 11.8 Å². The molecule has 5 nitrogen and oxygen atoms in total. The van der Waals surface area contributed by atoms with Crippen LogP contribution in [0.5, 0.6) is 0 Å². The Morgan fingerprint density at radius 1 is 1.24 bits per heavy atom. The third-order valence-corrected chi connectivity index (χ3v) is 5.64. The van der Waals surface area contributed by atoms with E-state index in [0.29, 0.717) is 13.0 Å². The minimum absolute atomic E-state index is 0.233. The number of rotatable bonds is 6. The summed E-state index contributed by atoms with van der Waals surface area (Å²) in [5.41, 5.74) is 1.16. The van der Waals surface area contributed by atoms with Gasteiger partial charge in [0.25, 0.3) is 0 Å². The highest BCUT2D eigenvalue weighted by molar-refractivity contribution is 7.98. The third kappa shape index (κ3) is 4.76. The highest BCUT2D eigenvalue weighted by Crippen LogP contribution is 2.24. The Balaban J connectivity index is 1.68. The van der Waals surface area contributed by atoms with Gasteiger partial charge in [-0.05, 0) is 37.5 Å². The van der Waals surface area contributed by atoms with Gasteiger partial charge >= 0.3 is 0 Å². The molecule has 0 aliphatic carbocycles. The summed E-state index contributed by atoms with van der Waals surface area (Å²) < 4.78 is 2.10. The molecule has 1 amide bonds. The number of hydrogen-bond acceptors (Lipinski definition) is 4. The molecule has 0 radical (unpaired) electrons. The summed E-state index contributed by atoms with van der Waals surface area (Å²) >= 11 is 7.69. The fourth-order valence-corrected chi connectivity index (χ4v) is 4.19. The standard InChI is InChI=1S/C18H23ClN4OS/c1-2-23-16(12-22-10-5-3-4-9-17(22)24)20-21-18(23)25-13-14-7-6-8-15(19)11-14/h6-8,11H,2-5,9-10,12-13H2,1H3. The fourth-order valence-electron chi connectivity index (χ4n) is 3.01. The molecular formula is C18H23ClN4OS. The molecule has 7 heteroatoms. The molecule has 2 heterocycles. The Kier molecular flexibility index (Phi) is 6.37. The van der Waals surface area contributed by atoms with Gasteiger partial charge in [0.1, 0.15) is 0 Å². The van der Waals surface area contributed by atoms with E-state index < -0.39 is 0 Å². The molecule has 1 aromatic carbocycles. The molecule has 134 valence electrons. The molecule has 3 rings (SSSR count). The SMILES string of the molecule is CCn1c(CN2CCCCCC2=O)nnc1SCc1cccc(Cl)c1. The maximum absolute atomic E-state index is 12.2. The van der Waals surface area contributed by atoms with E-state index in [1.165, 1.54) is 0 Å². The van der Waals surface area contributed by atoms with Crippen molar-refractivity contribution in [2.75, 3.05) is 6.54 Å². The molecule has 0 atom stereocenters. The van der Waals surface area contributed by atoms with Gasteiger partial charge in [0.15, 0.2) is 11.0 Å². The second-order valence-corrected chi connectivity index (χ2v) is 7.57. The first-order chi connectivity index (χ1) is 12.2. The summed E-state index contributed by atoms with van der Waals surface area (Å²) in [6.45, 7) is 4.25. The molecule has 25 heavy (non-hydrogen) atoms. The summed E-state index contributed by atoms with van der Waals surface area (Å²) in [7, 11) is 0. The molecule has 1 fully saturated rings. The molecule has 0 bridgehead atoms. The maximum atomic E-state index is 12.2. The average molecular weight is 379 g/mol. The van der Waals surface area contributed by atoms with Crippen molar-refractivity contribution >= 4 is 29.3 Å². The second kappa shape index (κ2) is 8.72. The van der Waals surface area contributed by atoms with Crippen LogP contribution in [0.15, 0.2) is 29.4 Å². The Labute approximate surface area is 157 Å². The van der Waals surface area contributed by atoms with E-state index in [1.807, 2.05) is 23.1 Å². The maximum Gasteiger partial charge on any atom is 0.222 e. The van der Waals surface area contributed by atoms with Crippen molar-refractivity contribution in [3.63, 3.8) is 0 Å². The zero-order chi connectivity index (χ0) is 17.6. The van der Waals surface area contributed by atoms with Crippen LogP contribution < -0.4 is 0 Å². The van der Waals surface area contributed by atoms with E-state index in [0.717, 1.165) is 59.7 Å². The van der Waals surface area contributed by atoms with Crippen molar-refractivity contribution in [3.8, 4) is 0 Å². The van der Waals surface area contributed by atoms with E-state index in [2.05, 4.69) is 27.8 Å². The number of nitrogens with zero attached hydrogens (tertiary/aromatic N) is 4. The third-order valence-electron chi connectivity index (χ3n) is 4.37. The lowest BCUT2D eigenvalue weighted by atomic mass is 10.2. The van der Waals surface area contributed by atoms with E-state index in [-0.39, 0.29) is 5.91 Å². The van der Waals surface area contributed by atoms with Gasteiger partial charge in [-0.25, -0.2) is 0 Å². The van der Waals surface area contributed by atoms with Gasteiger partial charge in [0, 0.05) is 30.3 Å². The van der Waals surface area contributed by atoms with Crippen LogP contribution in [0, 0.1) is 0 Å². The summed E-state index contributed by atoms with van der Waals surface area (Å²) in [6, 6.07) is 7.86. The molecule has 1 saturated heterocycles. The molecule has 0 saturated carbocycles. The number of thioether (sulfide) groups is 1. The smallest absolute Gasteiger partial charge is 0.222 e. The van der Waals surface area contributed by atoms with Crippen LogP contribution in [0.4, 0.5) is 0 Å². The minimum Gasteiger partial charge on any atom is -0.335 e. The number of aromatic nitrogens is 3. The predicted molar refractivity (Wildman–Crippen MR) is 101 cm³/mol. The summed E-state index contributed by atoms with van der Waals surface area (Å²) in [5.74, 6) is 1.89. The lowest BCUT2D eigenvalue weighted by Gasteiger charge is -2.20. The number of amides is 1. The van der Waals surface area contributed by atoms with Gasteiger partial charge in [-0.2, -0.15) is 0 Å². The minimum atomic E-state index is 0.233. The van der Waals surface area contributed by atoms with Crippen molar-refractivity contribution in [2.24, 2.45) is 0 Å². The predicted octanol–water partition coefficient (Wildman–Crippen LogP) is 4.15. The van der Waals surface area contributed by atoms with Crippen LogP contribution in [0.2, 0.25) is 5.02 Å². The van der Waals surface area contributed by atoms with Gasteiger partial charge in [0.05, 0.1) is 6.54 Å². The normalized spacial score (nSPS) is 15.4. The van der Waals surface area contributed by atoms with Crippen LogP contribution in [0.25, 0.3) is 0 Å². The fraction of sp³-hybridized carbons (Fsp3) is 0.500. The van der Waals surface area contributed by atoms with Crippen LogP contribution >= 0.6 is 23.4 Å². The number of halogens is 1. The van der Waals surface area contributed by atoms with Crippen LogP contribution in [-0.2, 0) is 23.6 Å². The van der Waals surface area contributed by atoms with Crippen LogP contribution in [0.1, 0.15) is 44.0 Å². The molecule has 0 unspecified atom stereocenters. The highest BCUT2D eigenvalue weighted by Gasteiger charge is 2.20. The van der Waals surface area contributed by atoms with Gasteiger partial charge in [-0.1, -0.05) is 41.9 Å². The zero-order valence-corrected chi connectivity index (χ0v) is 16.0. The topological polar surface area (TPSA) is 51.0 Å². The lowest BCUT2D eigenvalue weighted by molar-refractivity contribution is -0.131. The number of hydrogen-bond donors (Lipinski definition) is 0. The zero-order valence-electron chi connectivity index (χ0n) is 14.4. The van der Waals surface area contributed by atoms with Crippen LogP contribution in [0.3, 0.4) is 0 Å². The Hall–Kier alpha value is -1.53. The van der Waals surface area contributed by atoms with Crippen molar-refractivity contribution in [1.29, 1.82) is 0 Å². The number of carbonyl (C=O) groups is 1. The lowest BCUT2D eigenvalue weighted by Crippen LogP contribution is -2.31. The Morgan fingerprint density at radius 3 is 2.92 bits per heavy atom. The van der Waals surface area contributed by atoms with Gasteiger partial charge in [0.2, 0.25) is 5.91 Å². The molecular weight excluding hydrogens is 356 g/mol. The first kappa shape index (κ1) is 18.3. The second-order valence-electron chi connectivity index (χ2n) is 6.19. The monoisotopic (exact) mass is 378 g/mol. The van der Waals surface area contributed by atoms with Gasteiger partial charge in [-0.15, -0.1) is 10.2 Å².